The number of hydrogen-bond donors (Lipinski definition) is 1. The van der Waals surface area contributed by atoms with Gasteiger partial charge in [0.2, 0.25) is 5.91 Å². The summed E-state index contributed by atoms with van der Waals surface area (Å²) in [5.41, 5.74) is 0. The second-order valence-corrected chi connectivity index (χ2v) is 5.77. The van der Waals surface area contributed by atoms with Crippen LogP contribution >= 0.6 is 0 Å². The van der Waals surface area contributed by atoms with Crippen LogP contribution in [0.1, 0.15) is 29.2 Å². The van der Waals surface area contributed by atoms with Crippen molar-refractivity contribution in [3.05, 3.63) is 39.8 Å². The number of amides is 2. The van der Waals surface area contributed by atoms with Crippen molar-refractivity contribution < 1.29 is 23.5 Å². The fraction of sp³-hybridized carbons (Fsp3) is 0.400. The van der Waals surface area contributed by atoms with Gasteiger partial charge in [-0.15, -0.1) is 0 Å². The van der Waals surface area contributed by atoms with Crippen LogP contribution in [0.15, 0.2) is 27.1 Å². The minimum Gasteiger partial charge on any atom is -0.395 e. The van der Waals surface area contributed by atoms with E-state index < -0.39 is 16.7 Å². The number of aromatic nitrogens is 1. The minimum atomic E-state index is -0.695. The van der Waals surface area contributed by atoms with Gasteiger partial charge in [0.05, 0.1) is 6.07 Å². The Morgan fingerprint density at radius 1 is 1.36 bits per heavy atom. The van der Waals surface area contributed by atoms with E-state index in [9.17, 15) is 19.7 Å². The highest BCUT2D eigenvalue weighted by atomic mass is 16.6. The number of furan rings is 1. The van der Waals surface area contributed by atoms with E-state index in [1.54, 1.807) is 13.0 Å². The van der Waals surface area contributed by atoms with E-state index in [0.717, 1.165) is 6.07 Å². The maximum atomic E-state index is 12.3. The Hall–Kier alpha value is -3.17. The highest BCUT2D eigenvalue weighted by Crippen LogP contribution is 2.23. The molecule has 25 heavy (non-hydrogen) atoms. The monoisotopic (exact) mass is 348 g/mol. The van der Waals surface area contributed by atoms with Gasteiger partial charge < -0.3 is 19.2 Å². The van der Waals surface area contributed by atoms with Crippen molar-refractivity contribution in [3.63, 3.8) is 0 Å². The Balaban J connectivity index is 1.54. The first-order chi connectivity index (χ1) is 11.9. The molecule has 0 bridgehead atoms. The molecular formula is C15H16N4O6. The average Bonchev–Trinajstić information content (AvgIpc) is 3.23. The van der Waals surface area contributed by atoms with Crippen LogP contribution in [0.4, 0.5) is 11.7 Å². The molecule has 1 fully saturated rings. The third-order valence-corrected chi connectivity index (χ3v) is 4.01. The SMILES string of the molecule is Cc1cc(NC(=O)C2CCN(C(=O)c3ccc([N+](=O)[O-])o3)CC2)no1. The standard InChI is InChI=1S/C15H16N4O6/c1-9-8-12(17-25-9)16-14(20)10-4-6-18(7-5-10)15(21)11-2-3-13(24-11)19(22)23/h2-3,8,10H,4-7H2,1H3,(H,16,17,20). The molecule has 0 atom stereocenters. The van der Waals surface area contributed by atoms with Crippen LogP contribution in [0.2, 0.25) is 0 Å². The summed E-state index contributed by atoms with van der Waals surface area (Å²) in [6.07, 6.45) is 0.967. The maximum absolute atomic E-state index is 12.3. The Labute approximate surface area is 141 Å². The number of carbonyl (C=O) groups excluding carboxylic acids is 2. The third kappa shape index (κ3) is 3.67. The number of anilines is 1. The number of nitro groups is 1. The average molecular weight is 348 g/mol. The van der Waals surface area contributed by atoms with E-state index >= 15 is 0 Å². The lowest BCUT2D eigenvalue weighted by atomic mass is 9.95. The van der Waals surface area contributed by atoms with Crippen molar-refractivity contribution in [3.8, 4) is 0 Å². The first kappa shape index (κ1) is 16.7. The summed E-state index contributed by atoms with van der Waals surface area (Å²) >= 11 is 0. The lowest BCUT2D eigenvalue weighted by Crippen LogP contribution is -2.41. The number of hydrogen-bond acceptors (Lipinski definition) is 7. The predicted molar refractivity (Wildman–Crippen MR) is 83.9 cm³/mol. The Kier molecular flexibility index (Phi) is 4.50. The molecule has 3 rings (SSSR count). The molecule has 10 nitrogen and oxygen atoms in total. The molecule has 0 unspecified atom stereocenters. The molecule has 0 radical (unpaired) electrons. The number of likely N-dealkylation sites (tertiary alicyclic amines) is 1. The fourth-order valence-corrected chi connectivity index (χ4v) is 2.69. The highest BCUT2D eigenvalue weighted by Gasteiger charge is 2.30. The summed E-state index contributed by atoms with van der Waals surface area (Å²) in [6, 6.07) is 4.06. The molecule has 0 aliphatic carbocycles. The summed E-state index contributed by atoms with van der Waals surface area (Å²) in [5, 5.41) is 17.0. The molecule has 1 aliphatic rings. The van der Waals surface area contributed by atoms with Crippen molar-refractivity contribution in [2.24, 2.45) is 5.92 Å². The van der Waals surface area contributed by atoms with E-state index in [4.69, 9.17) is 8.94 Å². The van der Waals surface area contributed by atoms with Gasteiger partial charge in [-0.2, -0.15) is 0 Å². The summed E-state index contributed by atoms with van der Waals surface area (Å²) in [7, 11) is 0. The number of aryl methyl sites for hydroxylation is 1. The molecule has 1 N–H and O–H groups in total. The van der Waals surface area contributed by atoms with Crippen LogP contribution in [-0.4, -0.2) is 39.9 Å². The van der Waals surface area contributed by atoms with Gasteiger partial charge in [-0.3, -0.25) is 19.7 Å². The third-order valence-electron chi connectivity index (χ3n) is 4.01. The van der Waals surface area contributed by atoms with Crippen molar-refractivity contribution in [2.75, 3.05) is 18.4 Å². The molecule has 2 amide bonds. The molecule has 1 saturated heterocycles. The Bertz CT molecular complexity index is 803. The highest BCUT2D eigenvalue weighted by molar-refractivity contribution is 5.93. The quantitative estimate of drug-likeness (QED) is 0.660. The molecule has 1 aliphatic heterocycles. The zero-order chi connectivity index (χ0) is 18.0. The van der Waals surface area contributed by atoms with Gasteiger partial charge in [0.15, 0.2) is 11.6 Å². The number of carbonyl (C=O) groups is 2. The molecule has 2 aromatic heterocycles. The maximum Gasteiger partial charge on any atom is 0.433 e. The summed E-state index contributed by atoms with van der Waals surface area (Å²) in [5.74, 6) is -0.416. The van der Waals surface area contributed by atoms with Crippen LogP contribution in [-0.2, 0) is 4.79 Å². The molecule has 132 valence electrons. The molecule has 0 aromatic carbocycles. The number of piperidine rings is 1. The second kappa shape index (κ2) is 6.75. The van der Waals surface area contributed by atoms with Crippen LogP contribution < -0.4 is 5.32 Å². The van der Waals surface area contributed by atoms with E-state index in [2.05, 4.69) is 10.5 Å². The Morgan fingerprint density at radius 3 is 2.64 bits per heavy atom. The van der Waals surface area contributed by atoms with Crippen molar-refractivity contribution in [2.45, 2.75) is 19.8 Å². The van der Waals surface area contributed by atoms with Crippen LogP contribution in [0, 0.1) is 23.0 Å². The second-order valence-electron chi connectivity index (χ2n) is 5.77. The summed E-state index contributed by atoms with van der Waals surface area (Å²) < 4.78 is 9.82. The van der Waals surface area contributed by atoms with Gasteiger partial charge >= 0.3 is 5.88 Å². The van der Waals surface area contributed by atoms with Crippen LogP contribution in [0.3, 0.4) is 0 Å². The fourth-order valence-electron chi connectivity index (χ4n) is 2.69. The summed E-state index contributed by atoms with van der Waals surface area (Å²) in [6.45, 7) is 2.46. The van der Waals surface area contributed by atoms with Gasteiger partial charge in [-0.25, -0.2) is 0 Å². The normalized spacial score (nSPS) is 15.2. The molecule has 0 saturated carbocycles. The zero-order valence-electron chi connectivity index (χ0n) is 13.4. The first-order valence-electron chi connectivity index (χ1n) is 7.71. The van der Waals surface area contributed by atoms with Crippen LogP contribution in [0.5, 0.6) is 0 Å². The van der Waals surface area contributed by atoms with Gasteiger partial charge in [-0.1, -0.05) is 5.16 Å². The van der Waals surface area contributed by atoms with Gasteiger partial charge in [-0.05, 0) is 25.8 Å². The number of nitrogens with one attached hydrogen (secondary N) is 1. The molecular weight excluding hydrogens is 332 g/mol. The molecule has 0 spiro atoms. The van der Waals surface area contributed by atoms with E-state index in [1.807, 2.05) is 0 Å². The first-order valence-corrected chi connectivity index (χ1v) is 7.71. The van der Waals surface area contributed by atoms with Gasteiger partial charge in [0, 0.05) is 25.1 Å². The number of rotatable bonds is 4. The number of nitrogens with zero attached hydrogens (tertiary/aromatic N) is 3. The molecule has 3 heterocycles. The van der Waals surface area contributed by atoms with Crippen molar-refractivity contribution in [1.29, 1.82) is 0 Å². The topological polar surface area (TPSA) is 132 Å². The van der Waals surface area contributed by atoms with E-state index in [-0.39, 0.29) is 17.6 Å². The van der Waals surface area contributed by atoms with E-state index in [0.29, 0.717) is 37.5 Å². The molecule has 2 aromatic rings. The van der Waals surface area contributed by atoms with Gasteiger partial charge in [0.1, 0.15) is 10.7 Å². The molecule has 10 heteroatoms. The largest absolute Gasteiger partial charge is 0.433 e. The lowest BCUT2D eigenvalue weighted by Gasteiger charge is -2.30. The zero-order valence-corrected chi connectivity index (χ0v) is 13.4. The van der Waals surface area contributed by atoms with Crippen molar-refractivity contribution in [1.82, 2.24) is 10.1 Å². The van der Waals surface area contributed by atoms with E-state index in [1.165, 1.54) is 11.0 Å². The predicted octanol–water partition coefficient (Wildman–Crippen LogP) is 1.98. The van der Waals surface area contributed by atoms with Crippen molar-refractivity contribution >= 4 is 23.5 Å². The van der Waals surface area contributed by atoms with Gasteiger partial charge in [0.25, 0.3) is 5.91 Å². The smallest absolute Gasteiger partial charge is 0.395 e. The lowest BCUT2D eigenvalue weighted by molar-refractivity contribution is -0.402. The minimum absolute atomic E-state index is 0.0762. The Morgan fingerprint density at radius 2 is 2.08 bits per heavy atom. The summed E-state index contributed by atoms with van der Waals surface area (Å²) in [4.78, 5) is 35.9. The van der Waals surface area contributed by atoms with Crippen LogP contribution in [0.25, 0.3) is 0 Å².